The molecule has 3 aromatic rings. The van der Waals surface area contributed by atoms with Gasteiger partial charge in [-0.3, -0.25) is 4.98 Å². The van der Waals surface area contributed by atoms with E-state index in [4.69, 9.17) is 5.73 Å². The topological polar surface area (TPSA) is 81.2 Å². The normalized spacial score (nSPS) is 12.9. The van der Waals surface area contributed by atoms with Crippen LogP contribution in [0.2, 0.25) is 0 Å². The van der Waals surface area contributed by atoms with Gasteiger partial charge in [-0.25, -0.2) is 17.1 Å². The molecule has 2 heterocycles. The Labute approximate surface area is 170 Å². The number of sulfonamides is 1. The summed E-state index contributed by atoms with van der Waals surface area (Å²) in [7, 11) is -0.585. The van der Waals surface area contributed by atoms with Crippen molar-refractivity contribution in [3.63, 3.8) is 0 Å². The molecule has 0 atom stereocenters. The fraction of sp³-hybridized carbons (Fsp3) is 0.286. The molecule has 29 heavy (non-hydrogen) atoms. The second-order valence-corrected chi connectivity index (χ2v) is 9.22. The van der Waals surface area contributed by atoms with Crippen molar-refractivity contribution in [3.05, 3.63) is 59.7 Å². The molecule has 6 nitrogen and oxygen atoms in total. The van der Waals surface area contributed by atoms with E-state index >= 15 is 0 Å². The summed E-state index contributed by atoms with van der Waals surface area (Å²) in [5.41, 5.74) is 10.1. The number of fused-ring (bicyclic) bond motifs is 1. The Hall–Kier alpha value is -2.55. The summed E-state index contributed by atoms with van der Waals surface area (Å²) in [6.07, 6.45) is 1.34. The quantitative estimate of drug-likeness (QED) is 0.668. The SMILES string of the molecule is Cc1ccc2c(n1)c(-c1cccc(S(=O)(=O)N(C)C)c1)c(C)n2CC(F)=CCN. The summed E-state index contributed by atoms with van der Waals surface area (Å²) in [4.78, 5) is 4.86. The number of aryl methyl sites for hydroxylation is 1. The van der Waals surface area contributed by atoms with Gasteiger partial charge < -0.3 is 10.3 Å². The van der Waals surface area contributed by atoms with Gasteiger partial charge in [-0.05, 0) is 49.8 Å². The summed E-state index contributed by atoms with van der Waals surface area (Å²) in [5.74, 6) is -0.330. The van der Waals surface area contributed by atoms with Gasteiger partial charge >= 0.3 is 0 Å². The second kappa shape index (κ2) is 8.06. The Morgan fingerprint density at radius 3 is 2.62 bits per heavy atom. The molecule has 0 saturated heterocycles. The van der Waals surface area contributed by atoms with Crippen molar-refractivity contribution in [2.45, 2.75) is 25.3 Å². The maximum absolute atomic E-state index is 14.3. The zero-order valence-corrected chi connectivity index (χ0v) is 17.8. The van der Waals surface area contributed by atoms with Gasteiger partial charge in [0.1, 0.15) is 5.83 Å². The van der Waals surface area contributed by atoms with Crippen LogP contribution in [0.3, 0.4) is 0 Å². The monoisotopic (exact) mass is 416 g/mol. The van der Waals surface area contributed by atoms with E-state index in [1.165, 1.54) is 24.5 Å². The molecular weight excluding hydrogens is 391 g/mol. The molecule has 1 aromatic carbocycles. The molecule has 0 radical (unpaired) electrons. The number of hydrogen-bond acceptors (Lipinski definition) is 4. The average molecular weight is 417 g/mol. The van der Waals surface area contributed by atoms with Crippen LogP contribution in [0.1, 0.15) is 11.4 Å². The highest BCUT2D eigenvalue weighted by Crippen LogP contribution is 2.35. The van der Waals surface area contributed by atoms with Gasteiger partial charge in [0.2, 0.25) is 10.0 Å². The first kappa shape index (κ1) is 21.2. The number of benzene rings is 1. The molecule has 8 heteroatoms. The second-order valence-electron chi connectivity index (χ2n) is 7.07. The molecule has 3 rings (SSSR count). The number of halogens is 1. The molecule has 0 amide bonds. The van der Waals surface area contributed by atoms with Crippen LogP contribution in [0, 0.1) is 13.8 Å². The molecule has 0 aliphatic rings. The summed E-state index contributed by atoms with van der Waals surface area (Å²) in [6, 6.07) is 10.5. The third-order valence-corrected chi connectivity index (χ3v) is 6.67. The van der Waals surface area contributed by atoms with Crippen LogP contribution in [0.4, 0.5) is 4.39 Å². The van der Waals surface area contributed by atoms with E-state index in [9.17, 15) is 12.8 Å². The lowest BCUT2D eigenvalue weighted by Crippen LogP contribution is -2.22. The van der Waals surface area contributed by atoms with Crippen molar-refractivity contribution in [1.82, 2.24) is 13.9 Å². The number of hydrogen-bond donors (Lipinski definition) is 1. The van der Waals surface area contributed by atoms with E-state index in [0.717, 1.165) is 28.0 Å². The van der Waals surface area contributed by atoms with Crippen molar-refractivity contribution < 1.29 is 12.8 Å². The van der Waals surface area contributed by atoms with Gasteiger partial charge in [0.15, 0.2) is 0 Å². The fourth-order valence-corrected chi connectivity index (χ4v) is 4.30. The molecule has 0 aliphatic carbocycles. The third kappa shape index (κ3) is 3.96. The number of nitrogens with zero attached hydrogens (tertiary/aromatic N) is 3. The van der Waals surface area contributed by atoms with Crippen LogP contribution in [-0.4, -0.2) is 42.9 Å². The Balaban J connectivity index is 2.27. The number of rotatable bonds is 6. The molecule has 2 aromatic heterocycles. The smallest absolute Gasteiger partial charge is 0.242 e. The number of pyridine rings is 1. The lowest BCUT2D eigenvalue weighted by atomic mass is 10.1. The van der Waals surface area contributed by atoms with E-state index in [-0.39, 0.29) is 23.8 Å². The molecule has 0 saturated carbocycles. The van der Waals surface area contributed by atoms with Gasteiger partial charge in [0.05, 0.1) is 22.5 Å². The standard InChI is InChI=1S/C21H25FN4O2S/c1-14-8-9-19-21(24-14)20(15(2)26(19)13-17(22)10-11-23)16-6-5-7-18(12-16)29(27,28)25(3)4/h5-10,12H,11,13,23H2,1-4H3. The Morgan fingerprint density at radius 2 is 1.97 bits per heavy atom. The predicted octanol–water partition coefficient (Wildman–Crippen LogP) is 3.38. The highest BCUT2D eigenvalue weighted by atomic mass is 32.2. The first-order chi connectivity index (χ1) is 13.7. The molecule has 2 N–H and O–H groups in total. The first-order valence-electron chi connectivity index (χ1n) is 9.20. The minimum atomic E-state index is -3.58. The molecule has 0 aliphatic heterocycles. The summed E-state index contributed by atoms with van der Waals surface area (Å²) in [5, 5.41) is 0. The summed E-state index contributed by atoms with van der Waals surface area (Å²) < 4.78 is 42.4. The fourth-order valence-electron chi connectivity index (χ4n) is 3.35. The predicted molar refractivity (Wildman–Crippen MR) is 114 cm³/mol. The van der Waals surface area contributed by atoms with Gasteiger partial charge in [-0.2, -0.15) is 0 Å². The van der Waals surface area contributed by atoms with E-state index in [2.05, 4.69) is 4.98 Å². The van der Waals surface area contributed by atoms with Crippen LogP contribution in [0.5, 0.6) is 0 Å². The summed E-state index contributed by atoms with van der Waals surface area (Å²) >= 11 is 0. The van der Waals surface area contributed by atoms with Crippen molar-refractivity contribution in [2.24, 2.45) is 5.73 Å². The number of aromatic nitrogens is 2. The van der Waals surface area contributed by atoms with Gasteiger partial charge in [0.25, 0.3) is 0 Å². The third-order valence-electron chi connectivity index (χ3n) is 4.86. The maximum Gasteiger partial charge on any atom is 0.242 e. The molecule has 0 spiro atoms. The minimum absolute atomic E-state index is 0.0416. The molecule has 0 fully saturated rings. The number of allylic oxidation sites excluding steroid dienone is 1. The maximum atomic E-state index is 14.3. The van der Waals surface area contributed by atoms with Crippen LogP contribution >= 0.6 is 0 Å². The molecular formula is C21H25FN4O2S. The van der Waals surface area contributed by atoms with Crippen molar-refractivity contribution >= 4 is 21.1 Å². The average Bonchev–Trinajstić information content (AvgIpc) is 2.92. The van der Waals surface area contributed by atoms with Gasteiger partial charge in [0, 0.05) is 37.6 Å². The van der Waals surface area contributed by atoms with Crippen LogP contribution < -0.4 is 5.73 Å². The zero-order chi connectivity index (χ0) is 21.3. The van der Waals surface area contributed by atoms with E-state index in [0.29, 0.717) is 5.52 Å². The molecule has 0 unspecified atom stereocenters. The zero-order valence-electron chi connectivity index (χ0n) is 17.0. The van der Waals surface area contributed by atoms with Crippen LogP contribution in [-0.2, 0) is 16.6 Å². The summed E-state index contributed by atoms with van der Waals surface area (Å²) in [6.45, 7) is 3.94. The minimum Gasteiger partial charge on any atom is -0.336 e. The van der Waals surface area contributed by atoms with Gasteiger partial charge in [-0.15, -0.1) is 0 Å². The Kier molecular flexibility index (Phi) is 5.88. The lowest BCUT2D eigenvalue weighted by molar-refractivity contribution is 0.521. The number of nitrogens with two attached hydrogens (primary N) is 1. The van der Waals surface area contributed by atoms with Gasteiger partial charge in [-0.1, -0.05) is 12.1 Å². The Bertz CT molecular complexity index is 1200. The van der Waals surface area contributed by atoms with E-state index in [1.54, 1.807) is 18.2 Å². The first-order valence-corrected chi connectivity index (χ1v) is 10.6. The van der Waals surface area contributed by atoms with Crippen molar-refractivity contribution in [2.75, 3.05) is 20.6 Å². The molecule has 154 valence electrons. The highest BCUT2D eigenvalue weighted by Gasteiger charge is 2.21. The van der Waals surface area contributed by atoms with Crippen LogP contribution in [0.25, 0.3) is 22.2 Å². The van der Waals surface area contributed by atoms with Crippen molar-refractivity contribution in [1.29, 1.82) is 0 Å². The van der Waals surface area contributed by atoms with E-state index in [1.807, 2.05) is 36.6 Å². The van der Waals surface area contributed by atoms with E-state index < -0.39 is 10.0 Å². The Morgan fingerprint density at radius 1 is 1.24 bits per heavy atom. The largest absolute Gasteiger partial charge is 0.336 e. The lowest BCUT2D eigenvalue weighted by Gasteiger charge is -2.12. The molecule has 0 bridgehead atoms. The van der Waals surface area contributed by atoms with Crippen LogP contribution in [0.15, 0.2) is 53.2 Å². The van der Waals surface area contributed by atoms with Crippen molar-refractivity contribution in [3.8, 4) is 11.1 Å². The highest BCUT2D eigenvalue weighted by molar-refractivity contribution is 7.89.